The Hall–Kier alpha value is -2.94. The molecule has 1 atom stereocenters. The fourth-order valence-electron chi connectivity index (χ4n) is 4.87. The van der Waals surface area contributed by atoms with E-state index in [1.807, 2.05) is 0 Å². The number of hydrogen-bond donors (Lipinski definition) is 1. The number of aliphatic imine (C=N–C) groups is 1. The van der Waals surface area contributed by atoms with Crippen molar-refractivity contribution in [1.29, 1.82) is 0 Å². The van der Waals surface area contributed by atoms with E-state index in [0.717, 1.165) is 36.3 Å². The first kappa shape index (κ1) is 22.3. The van der Waals surface area contributed by atoms with E-state index < -0.39 is 4.92 Å². The Kier molecular flexibility index (Phi) is 6.19. The predicted molar refractivity (Wildman–Crippen MR) is 124 cm³/mol. The number of rotatable bonds is 6. The second-order valence-corrected chi connectivity index (χ2v) is 8.58. The van der Waals surface area contributed by atoms with Gasteiger partial charge in [-0.25, -0.2) is 9.78 Å². The average Bonchev–Trinajstić information content (AvgIpc) is 3.50. The van der Waals surface area contributed by atoms with Gasteiger partial charge in [0.15, 0.2) is 11.7 Å². The number of amides is 2. The second kappa shape index (κ2) is 8.90. The molecule has 0 saturated heterocycles. The average molecular weight is 459 g/mol. The maximum absolute atomic E-state index is 13.2. The van der Waals surface area contributed by atoms with Crippen LogP contribution in [-0.4, -0.2) is 50.8 Å². The molecule has 1 aromatic heterocycles. The molecule has 9 nitrogen and oxygen atoms in total. The Morgan fingerprint density at radius 2 is 1.94 bits per heavy atom. The molecular formula is C22H27ClN6O3. The molecule has 1 N–H and O–H groups in total. The number of imidazole rings is 1. The number of nitro groups is 1. The Morgan fingerprint density at radius 1 is 1.22 bits per heavy atom. The van der Waals surface area contributed by atoms with Gasteiger partial charge in [-0.3, -0.25) is 24.9 Å². The van der Waals surface area contributed by atoms with Crippen molar-refractivity contribution in [2.45, 2.75) is 57.4 Å². The maximum Gasteiger partial charge on any atom is 0.331 e. The van der Waals surface area contributed by atoms with Gasteiger partial charge in [0.1, 0.15) is 11.5 Å². The summed E-state index contributed by atoms with van der Waals surface area (Å²) < 4.78 is 0. The van der Waals surface area contributed by atoms with Gasteiger partial charge in [-0.05, 0) is 31.2 Å². The number of fused-ring (bicyclic) bond motifs is 3. The highest BCUT2D eigenvalue weighted by Gasteiger charge is 2.42. The lowest BCUT2D eigenvalue weighted by molar-refractivity contribution is -0.384. The molecule has 0 radical (unpaired) electrons. The molecule has 2 aromatic rings. The van der Waals surface area contributed by atoms with Gasteiger partial charge >= 0.3 is 6.03 Å². The van der Waals surface area contributed by atoms with Crippen LogP contribution >= 0.6 is 12.4 Å². The van der Waals surface area contributed by atoms with Crippen molar-refractivity contribution in [2.75, 3.05) is 18.0 Å². The smallest absolute Gasteiger partial charge is 0.331 e. The number of amidine groups is 1. The van der Waals surface area contributed by atoms with Crippen LogP contribution in [-0.2, 0) is 6.42 Å². The summed E-state index contributed by atoms with van der Waals surface area (Å²) in [6.07, 6.45) is 6.18. The molecule has 32 heavy (non-hydrogen) atoms. The second-order valence-electron chi connectivity index (χ2n) is 8.58. The van der Waals surface area contributed by atoms with Gasteiger partial charge in [-0.1, -0.05) is 31.9 Å². The summed E-state index contributed by atoms with van der Waals surface area (Å²) in [4.78, 5) is 40.5. The van der Waals surface area contributed by atoms with Crippen LogP contribution in [0, 0.1) is 10.1 Å². The minimum absolute atomic E-state index is 0. The van der Waals surface area contributed by atoms with Gasteiger partial charge in [0, 0.05) is 24.6 Å². The molecule has 1 unspecified atom stereocenters. The third-order valence-electron chi connectivity index (χ3n) is 6.41. The highest BCUT2D eigenvalue weighted by Crippen LogP contribution is 2.37. The molecule has 170 valence electrons. The Labute approximate surface area is 192 Å². The number of carbonyl (C=O) groups is 1. The van der Waals surface area contributed by atoms with Crippen LogP contribution in [0.5, 0.6) is 0 Å². The third-order valence-corrected chi connectivity index (χ3v) is 6.41. The zero-order chi connectivity index (χ0) is 21.5. The number of nitrogens with zero attached hydrogens (tertiary/aromatic N) is 5. The molecule has 1 aromatic carbocycles. The number of nitrogens with one attached hydrogen (secondary N) is 1. The number of urea groups is 1. The number of anilines is 1. The first-order valence-corrected chi connectivity index (χ1v) is 11.1. The Balaban J connectivity index is 0.00000245. The van der Waals surface area contributed by atoms with Crippen LogP contribution in [0.1, 0.15) is 62.0 Å². The minimum Gasteiger partial charge on any atom is -0.337 e. The lowest BCUT2D eigenvalue weighted by Crippen LogP contribution is -2.50. The Morgan fingerprint density at radius 3 is 2.59 bits per heavy atom. The zero-order valence-corrected chi connectivity index (χ0v) is 18.8. The molecule has 2 amide bonds. The van der Waals surface area contributed by atoms with E-state index in [0.29, 0.717) is 37.1 Å². The number of H-pyrrole nitrogens is 1. The van der Waals surface area contributed by atoms with E-state index in [1.54, 1.807) is 21.9 Å². The highest BCUT2D eigenvalue weighted by molar-refractivity contribution is 6.18. The molecule has 1 fully saturated rings. The summed E-state index contributed by atoms with van der Waals surface area (Å²) >= 11 is 0. The van der Waals surface area contributed by atoms with Gasteiger partial charge < -0.3 is 4.98 Å². The van der Waals surface area contributed by atoms with Crippen LogP contribution in [0.3, 0.4) is 0 Å². The van der Waals surface area contributed by atoms with Crippen LogP contribution in [0.2, 0.25) is 0 Å². The van der Waals surface area contributed by atoms with Gasteiger partial charge in [-0.15, -0.1) is 12.4 Å². The first-order valence-electron chi connectivity index (χ1n) is 11.1. The fraction of sp³-hybridized carbons (Fsp3) is 0.500. The van der Waals surface area contributed by atoms with Crippen LogP contribution in [0.25, 0.3) is 0 Å². The molecule has 0 spiro atoms. The topological polar surface area (TPSA) is 108 Å². The lowest BCUT2D eigenvalue weighted by Gasteiger charge is -2.32. The van der Waals surface area contributed by atoms with Gasteiger partial charge in [0.25, 0.3) is 5.69 Å². The molecular weight excluding hydrogens is 432 g/mol. The van der Waals surface area contributed by atoms with E-state index in [9.17, 15) is 14.9 Å². The summed E-state index contributed by atoms with van der Waals surface area (Å²) in [7, 11) is 0. The van der Waals surface area contributed by atoms with Gasteiger partial charge in [-0.2, -0.15) is 0 Å². The number of carbonyl (C=O) groups excluding carboxylic acids is 1. The van der Waals surface area contributed by atoms with Crippen molar-refractivity contribution in [3.05, 3.63) is 51.5 Å². The van der Waals surface area contributed by atoms with Crippen LogP contribution in [0.15, 0.2) is 29.3 Å². The van der Waals surface area contributed by atoms with Crippen molar-refractivity contribution in [1.82, 2.24) is 14.9 Å². The summed E-state index contributed by atoms with van der Waals surface area (Å²) in [5.41, 5.74) is 1.89. The van der Waals surface area contributed by atoms with Crippen molar-refractivity contribution < 1.29 is 9.72 Å². The quantitative estimate of drug-likeness (QED) is 0.510. The number of benzene rings is 1. The zero-order valence-electron chi connectivity index (χ0n) is 18.0. The standard InChI is InChI=1S/C22H26N6O3.ClH/c1-2-11-26-21-18(24-19(25-21)15-5-3-4-6-15)20-23-16(13-27(20)22(26)29)12-14-7-9-17(10-8-14)28(30)31;/h7-10,15-16H,2-6,11-13H2,1H3,(H,24,25);1H. The SMILES string of the molecule is CCCN1C(=O)N2CC(Cc3ccc([N+](=O)[O-])cc3)N=C2c2[nH]c(C3CCCC3)nc21.Cl. The molecule has 5 rings (SSSR count). The summed E-state index contributed by atoms with van der Waals surface area (Å²) in [5.74, 6) is 2.78. The van der Waals surface area contributed by atoms with E-state index in [4.69, 9.17) is 9.98 Å². The normalized spacial score (nSPS) is 20.1. The van der Waals surface area contributed by atoms with Crippen LogP contribution in [0.4, 0.5) is 16.3 Å². The highest BCUT2D eigenvalue weighted by atomic mass is 35.5. The van der Waals surface area contributed by atoms with E-state index in [1.165, 1.54) is 25.0 Å². The van der Waals surface area contributed by atoms with Crippen molar-refractivity contribution >= 4 is 35.8 Å². The van der Waals surface area contributed by atoms with Crippen molar-refractivity contribution in [3.63, 3.8) is 0 Å². The monoisotopic (exact) mass is 458 g/mol. The first-order chi connectivity index (χ1) is 15.0. The molecule has 1 saturated carbocycles. The van der Waals surface area contributed by atoms with Gasteiger partial charge in [0.05, 0.1) is 17.5 Å². The Bertz CT molecular complexity index is 1040. The molecule has 0 bridgehead atoms. The maximum atomic E-state index is 13.2. The van der Waals surface area contributed by atoms with E-state index >= 15 is 0 Å². The molecule has 3 heterocycles. The molecule has 1 aliphatic carbocycles. The van der Waals surface area contributed by atoms with Crippen molar-refractivity contribution in [2.24, 2.45) is 4.99 Å². The molecule has 10 heteroatoms. The van der Waals surface area contributed by atoms with Gasteiger partial charge in [0.2, 0.25) is 0 Å². The lowest BCUT2D eigenvalue weighted by atomic mass is 10.1. The number of aromatic nitrogens is 2. The summed E-state index contributed by atoms with van der Waals surface area (Å²) in [6, 6.07) is 6.40. The summed E-state index contributed by atoms with van der Waals surface area (Å²) in [6.45, 7) is 3.18. The third kappa shape index (κ3) is 3.85. The number of non-ortho nitro benzene ring substituents is 1. The molecule has 2 aliphatic heterocycles. The van der Waals surface area contributed by atoms with E-state index in [2.05, 4.69) is 11.9 Å². The predicted octanol–water partition coefficient (Wildman–Crippen LogP) is 4.42. The van der Waals surface area contributed by atoms with Crippen molar-refractivity contribution in [3.8, 4) is 0 Å². The molecule has 3 aliphatic rings. The summed E-state index contributed by atoms with van der Waals surface area (Å²) in [5, 5.41) is 10.9. The van der Waals surface area contributed by atoms with Crippen LogP contribution < -0.4 is 4.90 Å². The number of nitro benzene ring substituents is 1. The largest absolute Gasteiger partial charge is 0.337 e. The number of halogens is 1. The number of hydrogen-bond acceptors (Lipinski definition) is 5. The fourth-order valence-corrected chi connectivity index (χ4v) is 4.87. The number of aromatic amines is 1. The van der Waals surface area contributed by atoms with E-state index in [-0.39, 0.29) is 30.2 Å². The minimum atomic E-state index is -0.400.